The molecule has 2 rings (SSSR count). The van der Waals surface area contributed by atoms with Crippen molar-refractivity contribution in [3.63, 3.8) is 0 Å². The maximum Gasteiger partial charge on any atom is 0.228 e. The molecule has 0 fully saturated rings. The molecule has 112 valence electrons. The van der Waals surface area contributed by atoms with Crippen LogP contribution in [0, 0.1) is 5.92 Å². The third-order valence-electron chi connectivity index (χ3n) is 3.80. The van der Waals surface area contributed by atoms with Crippen molar-refractivity contribution in [3.05, 3.63) is 42.5 Å². The molecule has 0 aromatic heterocycles. The lowest BCUT2D eigenvalue weighted by atomic mass is 9.94. The normalized spacial score (nSPS) is 17.3. The van der Waals surface area contributed by atoms with Gasteiger partial charge in [0, 0.05) is 31.6 Å². The van der Waals surface area contributed by atoms with E-state index in [0.717, 1.165) is 24.9 Å². The predicted octanol–water partition coefficient (Wildman–Crippen LogP) is 2.51. The Morgan fingerprint density at radius 1 is 1.24 bits per heavy atom. The van der Waals surface area contributed by atoms with E-state index >= 15 is 0 Å². The first-order valence-corrected chi connectivity index (χ1v) is 7.43. The van der Waals surface area contributed by atoms with E-state index in [1.165, 1.54) is 0 Å². The van der Waals surface area contributed by atoms with Gasteiger partial charge in [-0.25, -0.2) is 0 Å². The summed E-state index contributed by atoms with van der Waals surface area (Å²) in [6.45, 7) is 0.398. The Morgan fingerprint density at radius 2 is 2.00 bits per heavy atom. The van der Waals surface area contributed by atoms with Gasteiger partial charge in [-0.3, -0.25) is 9.59 Å². The van der Waals surface area contributed by atoms with Gasteiger partial charge in [0.15, 0.2) is 0 Å². The van der Waals surface area contributed by atoms with Gasteiger partial charge in [-0.05, 0) is 31.4 Å². The SMILES string of the molecule is CN(C(=O)CCNC(=O)C1CC=CCC1)c1ccccc1. The van der Waals surface area contributed by atoms with Gasteiger partial charge < -0.3 is 10.2 Å². The number of carbonyl (C=O) groups is 2. The fourth-order valence-corrected chi connectivity index (χ4v) is 2.43. The molecule has 0 spiro atoms. The van der Waals surface area contributed by atoms with Crippen molar-refractivity contribution in [2.75, 3.05) is 18.5 Å². The number of rotatable bonds is 5. The second-order valence-electron chi connectivity index (χ2n) is 5.31. The third-order valence-corrected chi connectivity index (χ3v) is 3.80. The number of nitrogens with zero attached hydrogens (tertiary/aromatic N) is 1. The van der Waals surface area contributed by atoms with E-state index in [1.54, 1.807) is 11.9 Å². The quantitative estimate of drug-likeness (QED) is 0.846. The topological polar surface area (TPSA) is 49.4 Å². The van der Waals surface area contributed by atoms with Crippen molar-refractivity contribution < 1.29 is 9.59 Å². The zero-order chi connectivity index (χ0) is 15.1. The number of allylic oxidation sites excluding steroid dienone is 2. The molecule has 1 N–H and O–H groups in total. The van der Waals surface area contributed by atoms with Gasteiger partial charge in [0.1, 0.15) is 0 Å². The second-order valence-corrected chi connectivity index (χ2v) is 5.31. The highest BCUT2D eigenvalue weighted by atomic mass is 16.2. The van der Waals surface area contributed by atoms with E-state index in [9.17, 15) is 9.59 Å². The highest BCUT2D eigenvalue weighted by Crippen LogP contribution is 2.18. The molecule has 0 saturated carbocycles. The standard InChI is InChI=1S/C17H22N2O2/c1-19(15-10-6-3-7-11-15)16(20)12-13-18-17(21)14-8-4-2-5-9-14/h2-4,6-7,10-11,14H,5,8-9,12-13H2,1H3,(H,18,21). The van der Waals surface area contributed by atoms with Crippen LogP contribution in [0.5, 0.6) is 0 Å². The molecule has 0 radical (unpaired) electrons. The van der Waals surface area contributed by atoms with Gasteiger partial charge in [0.2, 0.25) is 11.8 Å². The number of hydrogen-bond acceptors (Lipinski definition) is 2. The Labute approximate surface area is 125 Å². The number of benzene rings is 1. The van der Waals surface area contributed by atoms with E-state index in [2.05, 4.69) is 17.5 Å². The van der Waals surface area contributed by atoms with Crippen LogP contribution in [-0.2, 0) is 9.59 Å². The van der Waals surface area contributed by atoms with Gasteiger partial charge in [-0.1, -0.05) is 30.4 Å². The average Bonchev–Trinajstić information content (AvgIpc) is 2.55. The maximum absolute atomic E-state index is 12.1. The average molecular weight is 286 g/mol. The molecule has 1 aromatic carbocycles. The smallest absolute Gasteiger partial charge is 0.228 e. The molecule has 4 nitrogen and oxygen atoms in total. The van der Waals surface area contributed by atoms with Gasteiger partial charge in [-0.2, -0.15) is 0 Å². The summed E-state index contributed by atoms with van der Waals surface area (Å²) in [5.41, 5.74) is 0.867. The van der Waals surface area contributed by atoms with Crippen LogP contribution in [0.15, 0.2) is 42.5 Å². The highest BCUT2D eigenvalue weighted by molar-refractivity contribution is 5.93. The minimum Gasteiger partial charge on any atom is -0.355 e. The molecule has 2 amide bonds. The molecule has 1 unspecified atom stereocenters. The Hall–Kier alpha value is -2.10. The lowest BCUT2D eigenvalue weighted by Gasteiger charge is -2.19. The Morgan fingerprint density at radius 3 is 2.67 bits per heavy atom. The summed E-state index contributed by atoms with van der Waals surface area (Å²) >= 11 is 0. The Kier molecular flexibility index (Phi) is 5.55. The van der Waals surface area contributed by atoms with Gasteiger partial charge in [-0.15, -0.1) is 0 Å². The molecule has 0 aliphatic heterocycles. The van der Waals surface area contributed by atoms with Crippen molar-refractivity contribution in [2.45, 2.75) is 25.7 Å². The summed E-state index contributed by atoms with van der Waals surface area (Å²) in [5.74, 6) is 0.136. The number of nitrogens with one attached hydrogen (secondary N) is 1. The predicted molar refractivity (Wildman–Crippen MR) is 84.0 cm³/mol. The first-order chi connectivity index (χ1) is 10.2. The fraction of sp³-hybridized carbons (Fsp3) is 0.412. The van der Waals surface area contributed by atoms with Crippen LogP contribution in [0.1, 0.15) is 25.7 Å². The Bertz CT molecular complexity index is 511. The zero-order valence-corrected chi connectivity index (χ0v) is 12.4. The van der Waals surface area contributed by atoms with Crippen LogP contribution >= 0.6 is 0 Å². The summed E-state index contributed by atoms with van der Waals surface area (Å²) in [6.07, 6.45) is 7.17. The molecule has 0 bridgehead atoms. The molecule has 1 aromatic rings. The van der Waals surface area contributed by atoms with Crippen LogP contribution in [0.2, 0.25) is 0 Å². The number of carbonyl (C=O) groups excluding carboxylic acids is 2. The summed E-state index contributed by atoms with van der Waals surface area (Å²) < 4.78 is 0. The lowest BCUT2D eigenvalue weighted by Crippen LogP contribution is -2.35. The Balaban J connectivity index is 1.74. The van der Waals surface area contributed by atoms with Crippen molar-refractivity contribution in [1.29, 1.82) is 0 Å². The highest BCUT2D eigenvalue weighted by Gasteiger charge is 2.18. The van der Waals surface area contributed by atoms with Crippen LogP contribution in [-0.4, -0.2) is 25.4 Å². The maximum atomic E-state index is 12.1. The third kappa shape index (κ3) is 4.45. The largest absolute Gasteiger partial charge is 0.355 e. The second kappa shape index (κ2) is 7.62. The van der Waals surface area contributed by atoms with Crippen molar-refractivity contribution in [2.24, 2.45) is 5.92 Å². The number of anilines is 1. The van der Waals surface area contributed by atoms with Crippen LogP contribution in [0.3, 0.4) is 0 Å². The van der Waals surface area contributed by atoms with Gasteiger partial charge >= 0.3 is 0 Å². The van der Waals surface area contributed by atoms with Crippen molar-refractivity contribution in [3.8, 4) is 0 Å². The van der Waals surface area contributed by atoms with E-state index < -0.39 is 0 Å². The van der Waals surface area contributed by atoms with Crippen LogP contribution in [0.4, 0.5) is 5.69 Å². The van der Waals surface area contributed by atoms with E-state index in [4.69, 9.17) is 0 Å². The lowest BCUT2D eigenvalue weighted by molar-refractivity contribution is -0.125. The summed E-state index contributed by atoms with van der Waals surface area (Å²) in [4.78, 5) is 25.6. The molecule has 21 heavy (non-hydrogen) atoms. The van der Waals surface area contributed by atoms with Gasteiger partial charge in [0.05, 0.1) is 0 Å². The molecule has 0 saturated heterocycles. The summed E-state index contributed by atoms with van der Waals surface area (Å²) in [5, 5.41) is 2.87. The zero-order valence-electron chi connectivity index (χ0n) is 12.4. The minimum atomic E-state index is 0.00467. The monoisotopic (exact) mass is 286 g/mol. The molecule has 1 atom stereocenters. The first-order valence-electron chi connectivity index (χ1n) is 7.43. The summed E-state index contributed by atoms with van der Waals surface area (Å²) in [6, 6.07) is 9.51. The van der Waals surface area contributed by atoms with Crippen molar-refractivity contribution >= 4 is 17.5 Å². The molecule has 1 aliphatic carbocycles. The molecular formula is C17H22N2O2. The molecule has 4 heteroatoms. The fourth-order valence-electron chi connectivity index (χ4n) is 2.43. The van der Waals surface area contributed by atoms with E-state index in [-0.39, 0.29) is 17.7 Å². The first kappa shape index (κ1) is 15.3. The minimum absolute atomic E-state index is 0.00467. The molecule has 1 aliphatic rings. The summed E-state index contributed by atoms with van der Waals surface area (Å²) in [7, 11) is 1.76. The van der Waals surface area contributed by atoms with Crippen LogP contribution < -0.4 is 10.2 Å². The number of hydrogen-bond donors (Lipinski definition) is 1. The van der Waals surface area contributed by atoms with Crippen LogP contribution in [0.25, 0.3) is 0 Å². The van der Waals surface area contributed by atoms with E-state index in [1.807, 2.05) is 30.3 Å². The number of amides is 2. The molecular weight excluding hydrogens is 264 g/mol. The van der Waals surface area contributed by atoms with Gasteiger partial charge in [0.25, 0.3) is 0 Å². The molecule has 0 heterocycles. The van der Waals surface area contributed by atoms with E-state index in [0.29, 0.717) is 13.0 Å². The number of para-hydroxylation sites is 1. The van der Waals surface area contributed by atoms with Crippen molar-refractivity contribution in [1.82, 2.24) is 5.32 Å².